The summed E-state index contributed by atoms with van der Waals surface area (Å²) in [5, 5.41) is 13.0. The van der Waals surface area contributed by atoms with Crippen molar-refractivity contribution >= 4 is 45.7 Å². The second-order valence-corrected chi connectivity index (χ2v) is 8.24. The van der Waals surface area contributed by atoms with Gasteiger partial charge in [0, 0.05) is 26.4 Å². The zero-order valence-electron chi connectivity index (χ0n) is 17.8. The number of para-hydroxylation sites is 1. The Morgan fingerprint density at radius 1 is 1.06 bits per heavy atom. The van der Waals surface area contributed by atoms with Crippen molar-refractivity contribution in [2.24, 2.45) is 7.05 Å². The molecule has 1 aromatic carbocycles. The normalized spacial score (nSPS) is 11.1. The van der Waals surface area contributed by atoms with Crippen LogP contribution < -0.4 is 10.9 Å². The number of benzene rings is 1. The molecule has 0 radical (unpaired) electrons. The number of carbonyl (C=O) groups excluding carboxylic acids is 3. The molecule has 3 heterocycles. The van der Waals surface area contributed by atoms with Crippen LogP contribution in [-0.2, 0) is 28.0 Å². The predicted octanol–water partition coefficient (Wildman–Crippen LogP) is 1.86. The number of aromatic nitrogens is 4. The Bertz CT molecular complexity index is 1390. The number of Topliss-reactive ketones (excluding diaryl/α,β-unsaturated/α-hetero) is 1. The van der Waals surface area contributed by atoms with Crippen molar-refractivity contribution in [1.82, 2.24) is 24.5 Å². The Hall–Kier alpha value is -3.86. The summed E-state index contributed by atoms with van der Waals surface area (Å²) >= 11 is 1.34. The van der Waals surface area contributed by atoms with Crippen molar-refractivity contribution in [1.29, 1.82) is 0 Å². The van der Waals surface area contributed by atoms with Crippen LogP contribution in [0.25, 0.3) is 16.7 Å². The molecule has 0 aliphatic heterocycles. The van der Waals surface area contributed by atoms with E-state index < -0.39 is 5.97 Å². The fourth-order valence-corrected chi connectivity index (χ4v) is 4.08. The van der Waals surface area contributed by atoms with Crippen molar-refractivity contribution in [3.05, 3.63) is 62.8 Å². The molecule has 4 rings (SSSR count). The highest BCUT2D eigenvalue weighted by molar-refractivity contribution is 7.12. The maximum atomic E-state index is 12.5. The maximum Gasteiger partial charge on any atom is 0.308 e. The molecule has 0 atom stereocenters. The number of nitrogens with zero attached hydrogens (tertiary/aromatic N) is 4. The number of esters is 1. The van der Waals surface area contributed by atoms with Crippen LogP contribution >= 0.6 is 11.3 Å². The van der Waals surface area contributed by atoms with Gasteiger partial charge in [-0.1, -0.05) is 18.2 Å². The average molecular weight is 468 g/mol. The second kappa shape index (κ2) is 9.74. The zero-order valence-corrected chi connectivity index (χ0v) is 18.6. The standard InChI is InChI=1S/C22H21N5O5S/c1-26-21(31)14-5-2-3-6-15(14)27-18(24-25-22(26)27)13-32-20(30)10-11-23-19(29)9-8-16(28)17-7-4-12-33-17/h2-7,12H,8-11,13H2,1H3,(H,23,29). The van der Waals surface area contributed by atoms with Crippen molar-refractivity contribution in [3.63, 3.8) is 0 Å². The topological polar surface area (TPSA) is 125 Å². The summed E-state index contributed by atoms with van der Waals surface area (Å²) < 4.78 is 8.35. The van der Waals surface area contributed by atoms with Crippen molar-refractivity contribution in [2.45, 2.75) is 25.9 Å². The van der Waals surface area contributed by atoms with E-state index >= 15 is 0 Å². The lowest BCUT2D eigenvalue weighted by Crippen LogP contribution is -2.26. The quantitative estimate of drug-likeness (QED) is 0.294. The van der Waals surface area contributed by atoms with Crippen LogP contribution in [0, 0.1) is 0 Å². The second-order valence-electron chi connectivity index (χ2n) is 7.29. The molecule has 0 aliphatic rings. The average Bonchev–Trinajstić information content (AvgIpc) is 3.50. The Kier molecular flexibility index (Phi) is 6.59. The number of fused-ring (bicyclic) bond motifs is 3. The summed E-state index contributed by atoms with van der Waals surface area (Å²) in [6.45, 7) is -0.0334. The summed E-state index contributed by atoms with van der Waals surface area (Å²) in [6, 6.07) is 10.6. The first-order valence-corrected chi connectivity index (χ1v) is 11.1. The Morgan fingerprint density at radius 3 is 2.67 bits per heavy atom. The molecule has 0 bridgehead atoms. The molecule has 1 N–H and O–H groups in total. The number of nitrogens with one attached hydrogen (secondary N) is 1. The number of ketones is 1. The molecule has 0 saturated carbocycles. The first-order valence-electron chi connectivity index (χ1n) is 10.3. The molecule has 0 spiro atoms. The maximum absolute atomic E-state index is 12.5. The summed E-state index contributed by atoms with van der Waals surface area (Å²) in [6.07, 6.45) is 0.150. The lowest BCUT2D eigenvalue weighted by molar-refractivity contribution is -0.145. The van der Waals surface area contributed by atoms with Gasteiger partial charge in [0.15, 0.2) is 18.2 Å². The van der Waals surface area contributed by atoms with E-state index in [4.69, 9.17) is 4.74 Å². The molecule has 1 amide bonds. The van der Waals surface area contributed by atoms with Crippen LogP contribution in [0.4, 0.5) is 0 Å². The Morgan fingerprint density at radius 2 is 1.88 bits per heavy atom. The number of thiophene rings is 1. The van der Waals surface area contributed by atoms with Gasteiger partial charge in [-0.25, -0.2) is 0 Å². The van der Waals surface area contributed by atoms with Crippen molar-refractivity contribution in [2.75, 3.05) is 6.54 Å². The molecule has 11 heteroatoms. The van der Waals surface area contributed by atoms with E-state index in [1.54, 1.807) is 47.8 Å². The Labute approximate surface area is 191 Å². The molecule has 0 fully saturated rings. The third-order valence-electron chi connectivity index (χ3n) is 5.08. The summed E-state index contributed by atoms with van der Waals surface area (Å²) in [4.78, 5) is 49.1. The number of carbonyl (C=O) groups is 3. The predicted molar refractivity (Wildman–Crippen MR) is 121 cm³/mol. The van der Waals surface area contributed by atoms with Gasteiger partial charge in [-0.2, -0.15) is 0 Å². The number of amides is 1. The molecule has 0 saturated heterocycles. The van der Waals surface area contributed by atoms with E-state index in [1.165, 1.54) is 15.9 Å². The van der Waals surface area contributed by atoms with Gasteiger partial charge in [0.25, 0.3) is 5.56 Å². The summed E-state index contributed by atoms with van der Waals surface area (Å²) in [7, 11) is 1.60. The largest absolute Gasteiger partial charge is 0.457 e. The van der Waals surface area contributed by atoms with E-state index in [9.17, 15) is 19.2 Å². The van der Waals surface area contributed by atoms with Gasteiger partial charge in [-0.05, 0) is 23.6 Å². The molecular weight excluding hydrogens is 446 g/mol. The third-order valence-corrected chi connectivity index (χ3v) is 5.99. The SMILES string of the molecule is Cn1c(=O)c2ccccc2n2c(COC(=O)CCNC(=O)CCC(=O)c3cccs3)nnc12. The van der Waals surface area contributed by atoms with E-state index in [2.05, 4.69) is 15.5 Å². The molecule has 3 aromatic heterocycles. The van der Waals surface area contributed by atoms with E-state index in [0.717, 1.165) is 0 Å². The first-order chi connectivity index (χ1) is 16.0. The third kappa shape index (κ3) is 4.82. The molecule has 10 nitrogen and oxygen atoms in total. The van der Waals surface area contributed by atoms with E-state index in [0.29, 0.717) is 27.4 Å². The van der Waals surface area contributed by atoms with Crippen LogP contribution in [0.1, 0.15) is 34.8 Å². The van der Waals surface area contributed by atoms with Crippen molar-refractivity contribution < 1.29 is 19.1 Å². The van der Waals surface area contributed by atoms with Gasteiger partial charge < -0.3 is 10.1 Å². The van der Waals surface area contributed by atoms with Crippen molar-refractivity contribution in [3.8, 4) is 0 Å². The van der Waals surface area contributed by atoms with Gasteiger partial charge in [-0.15, -0.1) is 21.5 Å². The highest BCUT2D eigenvalue weighted by Gasteiger charge is 2.16. The van der Waals surface area contributed by atoms with Crippen LogP contribution in [0.15, 0.2) is 46.6 Å². The van der Waals surface area contributed by atoms with Crippen LogP contribution in [0.2, 0.25) is 0 Å². The smallest absolute Gasteiger partial charge is 0.308 e. The lowest BCUT2D eigenvalue weighted by Gasteiger charge is -2.08. The summed E-state index contributed by atoms with van der Waals surface area (Å²) in [5.41, 5.74) is 0.429. The minimum atomic E-state index is -0.518. The molecule has 170 valence electrons. The minimum Gasteiger partial charge on any atom is -0.457 e. The molecular formula is C22H21N5O5S. The monoisotopic (exact) mass is 467 g/mol. The highest BCUT2D eigenvalue weighted by Crippen LogP contribution is 2.15. The van der Waals surface area contributed by atoms with Gasteiger partial charge in [0.1, 0.15) is 0 Å². The fourth-order valence-electron chi connectivity index (χ4n) is 3.38. The molecule has 33 heavy (non-hydrogen) atoms. The zero-order chi connectivity index (χ0) is 23.4. The number of hydrogen-bond donors (Lipinski definition) is 1. The van der Waals surface area contributed by atoms with Crippen LogP contribution in [-0.4, -0.2) is 43.4 Å². The molecule has 4 aromatic rings. The van der Waals surface area contributed by atoms with E-state index in [1.807, 2.05) is 5.38 Å². The van der Waals surface area contributed by atoms with Gasteiger partial charge in [0.05, 0.1) is 22.2 Å². The number of hydrogen-bond acceptors (Lipinski definition) is 8. The van der Waals surface area contributed by atoms with Gasteiger partial charge in [0.2, 0.25) is 11.7 Å². The fraction of sp³-hybridized carbons (Fsp3) is 0.273. The van der Waals surface area contributed by atoms with Crippen LogP contribution in [0.5, 0.6) is 0 Å². The van der Waals surface area contributed by atoms with Gasteiger partial charge >= 0.3 is 5.97 Å². The Balaban J connectivity index is 1.29. The summed E-state index contributed by atoms with van der Waals surface area (Å²) in [5.74, 6) is -0.181. The number of ether oxygens (including phenoxy) is 1. The van der Waals surface area contributed by atoms with Gasteiger partial charge in [-0.3, -0.25) is 28.1 Å². The number of aryl methyl sites for hydroxylation is 1. The number of rotatable bonds is 9. The minimum absolute atomic E-state index is 0.0272. The first kappa shape index (κ1) is 22.3. The van der Waals surface area contributed by atoms with Crippen LogP contribution in [0.3, 0.4) is 0 Å². The lowest BCUT2D eigenvalue weighted by atomic mass is 10.2. The molecule has 0 aliphatic carbocycles. The molecule has 0 unspecified atom stereocenters. The highest BCUT2D eigenvalue weighted by atomic mass is 32.1. The van der Waals surface area contributed by atoms with E-state index in [-0.39, 0.29) is 49.7 Å².